The Hall–Kier alpha value is -1.90. The number of amidine groups is 1. The molecule has 0 bridgehead atoms. The zero-order chi connectivity index (χ0) is 20.8. The lowest BCUT2D eigenvalue weighted by molar-refractivity contribution is -0.117. The van der Waals surface area contributed by atoms with Gasteiger partial charge in [-0.1, -0.05) is 47.6 Å². The van der Waals surface area contributed by atoms with E-state index in [9.17, 15) is 17.6 Å². The predicted molar refractivity (Wildman–Crippen MR) is 115 cm³/mol. The van der Waals surface area contributed by atoms with Gasteiger partial charge in [-0.25, -0.2) is 12.8 Å². The number of thioether (sulfide) groups is 1. The van der Waals surface area contributed by atoms with Gasteiger partial charge < -0.3 is 4.90 Å². The first-order valence-electron chi connectivity index (χ1n) is 9.01. The molecule has 1 amide bonds. The molecule has 4 rings (SSSR count). The number of rotatable bonds is 3. The molecule has 9 heteroatoms. The fourth-order valence-electron chi connectivity index (χ4n) is 3.55. The van der Waals surface area contributed by atoms with Gasteiger partial charge in [0.25, 0.3) is 5.91 Å². The van der Waals surface area contributed by atoms with Gasteiger partial charge in [-0.15, -0.1) is 0 Å². The average Bonchev–Trinajstić information content (AvgIpc) is 3.10. The van der Waals surface area contributed by atoms with Crippen molar-refractivity contribution >= 4 is 50.0 Å². The molecule has 0 aliphatic carbocycles. The number of hydrogen-bond donors (Lipinski definition) is 0. The van der Waals surface area contributed by atoms with E-state index in [1.165, 1.54) is 17.8 Å². The van der Waals surface area contributed by atoms with Crippen molar-refractivity contribution < 1.29 is 17.6 Å². The fraction of sp³-hybridized carbons (Fsp3) is 0.300. The van der Waals surface area contributed by atoms with Crippen LogP contribution in [-0.2, 0) is 21.1 Å². The van der Waals surface area contributed by atoms with Gasteiger partial charge in [0.2, 0.25) is 0 Å². The van der Waals surface area contributed by atoms with E-state index in [1.54, 1.807) is 48.2 Å². The summed E-state index contributed by atoms with van der Waals surface area (Å²) in [4.78, 5) is 18.5. The van der Waals surface area contributed by atoms with E-state index in [0.29, 0.717) is 27.0 Å². The molecule has 0 N–H and O–H groups in total. The second kappa shape index (κ2) is 7.74. The highest BCUT2D eigenvalue weighted by molar-refractivity contribution is 8.16. The van der Waals surface area contributed by atoms with E-state index in [0.717, 1.165) is 0 Å². The van der Waals surface area contributed by atoms with Crippen molar-refractivity contribution in [1.82, 2.24) is 0 Å². The first-order chi connectivity index (χ1) is 13.7. The molecule has 2 atom stereocenters. The molecular formula is C20H18ClFN2O3S2. The van der Waals surface area contributed by atoms with Crippen molar-refractivity contribution in [2.75, 3.05) is 16.4 Å². The minimum Gasteiger partial charge on any atom is -0.315 e. The monoisotopic (exact) mass is 452 g/mol. The van der Waals surface area contributed by atoms with Gasteiger partial charge in [-0.05, 0) is 36.2 Å². The SMILES string of the molecule is Cc1ccc(N2C(=NC(=O)Cc3ccccc3Cl)S[C@H]3CS(=O)(=O)C[C@H]32)cc1F. The Kier molecular flexibility index (Phi) is 5.44. The molecule has 2 aliphatic rings. The van der Waals surface area contributed by atoms with Crippen molar-refractivity contribution in [1.29, 1.82) is 0 Å². The maximum absolute atomic E-state index is 14.2. The van der Waals surface area contributed by atoms with Crippen LogP contribution in [0.15, 0.2) is 47.5 Å². The summed E-state index contributed by atoms with van der Waals surface area (Å²) in [5.41, 5.74) is 1.65. The summed E-state index contributed by atoms with van der Waals surface area (Å²) in [5, 5.41) is 0.645. The lowest BCUT2D eigenvalue weighted by atomic mass is 10.1. The molecule has 0 spiro atoms. The van der Waals surface area contributed by atoms with E-state index < -0.39 is 15.7 Å². The van der Waals surface area contributed by atoms with Gasteiger partial charge in [0, 0.05) is 16.0 Å². The van der Waals surface area contributed by atoms with Gasteiger partial charge in [0.05, 0.1) is 24.0 Å². The van der Waals surface area contributed by atoms with Crippen LogP contribution in [0.2, 0.25) is 5.02 Å². The van der Waals surface area contributed by atoms with Gasteiger partial charge in [0.15, 0.2) is 15.0 Å². The number of hydrogen-bond acceptors (Lipinski definition) is 4. The van der Waals surface area contributed by atoms with Crippen LogP contribution in [0.5, 0.6) is 0 Å². The van der Waals surface area contributed by atoms with E-state index in [-0.39, 0.29) is 35.1 Å². The molecule has 0 aromatic heterocycles. The van der Waals surface area contributed by atoms with E-state index in [4.69, 9.17) is 11.6 Å². The Balaban J connectivity index is 1.67. The van der Waals surface area contributed by atoms with Crippen LogP contribution in [0, 0.1) is 12.7 Å². The Bertz CT molecular complexity index is 1120. The van der Waals surface area contributed by atoms with Crippen LogP contribution < -0.4 is 4.90 Å². The van der Waals surface area contributed by atoms with Gasteiger partial charge >= 0.3 is 0 Å². The van der Waals surface area contributed by atoms with Crippen molar-refractivity contribution in [3.8, 4) is 0 Å². The molecule has 0 unspecified atom stereocenters. The highest BCUT2D eigenvalue weighted by atomic mass is 35.5. The number of nitrogens with zero attached hydrogens (tertiary/aromatic N) is 2. The van der Waals surface area contributed by atoms with Crippen LogP contribution >= 0.6 is 23.4 Å². The number of halogens is 2. The Morgan fingerprint density at radius 1 is 1.28 bits per heavy atom. The number of aryl methyl sites for hydroxylation is 1. The van der Waals surface area contributed by atoms with Crippen molar-refractivity contribution in [3.05, 3.63) is 64.4 Å². The molecule has 2 heterocycles. The third-order valence-electron chi connectivity index (χ3n) is 5.02. The maximum Gasteiger partial charge on any atom is 0.252 e. The molecule has 2 aliphatic heterocycles. The standard InChI is InChI=1S/C20H18ClFN2O3S2/c1-12-6-7-14(9-16(12)22)24-17-10-29(26,27)11-18(17)28-20(24)23-19(25)8-13-4-2-3-5-15(13)21/h2-7,9,17-18H,8,10-11H2,1H3/t17-,18+/m1/s1. The largest absolute Gasteiger partial charge is 0.315 e. The zero-order valence-electron chi connectivity index (χ0n) is 15.5. The highest BCUT2D eigenvalue weighted by Gasteiger charge is 2.49. The smallest absolute Gasteiger partial charge is 0.252 e. The Morgan fingerprint density at radius 2 is 2.03 bits per heavy atom. The van der Waals surface area contributed by atoms with Crippen LogP contribution in [0.25, 0.3) is 0 Å². The van der Waals surface area contributed by atoms with E-state index >= 15 is 0 Å². The predicted octanol–water partition coefficient (Wildman–Crippen LogP) is 3.63. The van der Waals surface area contributed by atoms with Gasteiger partial charge in [0.1, 0.15) is 5.82 Å². The number of carbonyl (C=O) groups excluding carboxylic acids is 1. The lowest BCUT2D eigenvalue weighted by Crippen LogP contribution is -2.37. The first-order valence-corrected chi connectivity index (χ1v) is 12.1. The fourth-order valence-corrected chi connectivity index (χ4v) is 7.68. The first kappa shape index (κ1) is 20.4. The third kappa shape index (κ3) is 4.20. The molecule has 2 aromatic carbocycles. The molecule has 2 aromatic rings. The maximum atomic E-state index is 14.2. The minimum absolute atomic E-state index is 0.0188. The Labute approximate surface area is 177 Å². The number of amides is 1. The second-order valence-electron chi connectivity index (χ2n) is 7.16. The number of benzene rings is 2. The Morgan fingerprint density at radius 3 is 2.76 bits per heavy atom. The number of anilines is 1. The van der Waals surface area contributed by atoms with E-state index in [1.807, 2.05) is 0 Å². The summed E-state index contributed by atoms with van der Waals surface area (Å²) in [7, 11) is -3.18. The molecule has 152 valence electrons. The quantitative estimate of drug-likeness (QED) is 0.711. The molecular weight excluding hydrogens is 435 g/mol. The summed E-state index contributed by atoms with van der Waals surface area (Å²) in [6.45, 7) is 1.66. The summed E-state index contributed by atoms with van der Waals surface area (Å²) in [6.07, 6.45) is 0.0352. The molecule has 0 radical (unpaired) electrons. The topological polar surface area (TPSA) is 66.8 Å². The van der Waals surface area contributed by atoms with Gasteiger partial charge in [-0.3, -0.25) is 4.79 Å². The summed E-state index contributed by atoms with van der Waals surface area (Å²) >= 11 is 7.39. The van der Waals surface area contributed by atoms with E-state index in [2.05, 4.69) is 4.99 Å². The minimum atomic E-state index is -3.18. The molecule has 2 fully saturated rings. The number of aliphatic imine (C=N–C) groups is 1. The molecule has 2 saturated heterocycles. The van der Waals surface area contributed by atoms with Gasteiger partial charge in [-0.2, -0.15) is 4.99 Å². The second-order valence-corrected chi connectivity index (χ2v) is 10.9. The summed E-state index contributed by atoms with van der Waals surface area (Å²) in [6, 6.07) is 11.4. The number of fused-ring (bicyclic) bond motifs is 1. The highest BCUT2D eigenvalue weighted by Crippen LogP contribution is 2.41. The van der Waals surface area contributed by atoms with Crippen LogP contribution in [0.4, 0.5) is 10.1 Å². The number of sulfone groups is 1. The molecule has 5 nitrogen and oxygen atoms in total. The van der Waals surface area contributed by atoms with Crippen molar-refractivity contribution in [2.24, 2.45) is 4.99 Å². The lowest BCUT2D eigenvalue weighted by Gasteiger charge is -2.24. The number of carbonyl (C=O) groups is 1. The van der Waals surface area contributed by atoms with Crippen LogP contribution in [-0.4, -0.2) is 42.3 Å². The van der Waals surface area contributed by atoms with Crippen molar-refractivity contribution in [2.45, 2.75) is 24.6 Å². The molecule has 29 heavy (non-hydrogen) atoms. The molecule has 0 saturated carbocycles. The third-order valence-corrected chi connectivity index (χ3v) is 8.60. The van der Waals surface area contributed by atoms with Crippen molar-refractivity contribution in [3.63, 3.8) is 0 Å². The van der Waals surface area contributed by atoms with Crippen LogP contribution in [0.3, 0.4) is 0 Å². The average molecular weight is 453 g/mol. The van der Waals surface area contributed by atoms with Crippen LogP contribution in [0.1, 0.15) is 11.1 Å². The normalized spacial score (nSPS) is 24.1. The summed E-state index contributed by atoms with van der Waals surface area (Å²) in [5.74, 6) is -0.803. The summed E-state index contributed by atoms with van der Waals surface area (Å²) < 4.78 is 38.4. The zero-order valence-corrected chi connectivity index (χ0v) is 17.9.